The van der Waals surface area contributed by atoms with Gasteiger partial charge in [-0.1, -0.05) is 18.2 Å². The third kappa shape index (κ3) is 2.74. The molecule has 3 N–H and O–H groups in total. The van der Waals surface area contributed by atoms with Crippen LogP contribution < -0.4 is 15.8 Å². The average Bonchev–Trinajstić information content (AvgIpc) is 2.36. The van der Waals surface area contributed by atoms with Gasteiger partial charge in [-0.3, -0.25) is 0 Å². The lowest BCUT2D eigenvalue weighted by molar-refractivity contribution is 0.342. The van der Waals surface area contributed by atoms with Gasteiger partial charge in [-0.25, -0.2) is 0 Å². The smallest absolute Gasteiger partial charge is 0.142 e. The predicted molar refractivity (Wildman–Crippen MR) is 76.5 cm³/mol. The molecule has 0 atom stereocenters. The second-order valence-electron chi connectivity index (χ2n) is 4.13. The Balaban J connectivity index is 2.30. The van der Waals surface area contributed by atoms with Gasteiger partial charge in [0, 0.05) is 11.4 Å². The van der Waals surface area contributed by atoms with Gasteiger partial charge in [0.2, 0.25) is 0 Å². The molecule has 0 aromatic heterocycles. The summed E-state index contributed by atoms with van der Waals surface area (Å²) in [5, 5.41) is 3.36. The van der Waals surface area contributed by atoms with E-state index in [1.165, 1.54) is 0 Å². The molecule has 3 heteroatoms. The Morgan fingerprint density at radius 1 is 1.11 bits per heavy atom. The van der Waals surface area contributed by atoms with Crippen molar-refractivity contribution in [1.82, 2.24) is 0 Å². The van der Waals surface area contributed by atoms with E-state index in [0.29, 0.717) is 6.61 Å². The molecule has 0 bridgehead atoms. The molecule has 0 aliphatic rings. The molecule has 18 heavy (non-hydrogen) atoms. The topological polar surface area (TPSA) is 47.3 Å². The fraction of sp³-hybridized carbons (Fsp3) is 0.200. The number of para-hydroxylation sites is 2. The highest BCUT2D eigenvalue weighted by molar-refractivity contribution is 5.70. The lowest BCUT2D eigenvalue weighted by Gasteiger charge is -2.14. The molecular formula is C15H18N2O. The van der Waals surface area contributed by atoms with Gasteiger partial charge in [0.1, 0.15) is 5.75 Å². The molecule has 0 fully saturated rings. The molecule has 0 heterocycles. The third-order valence-electron chi connectivity index (χ3n) is 2.72. The number of benzene rings is 2. The predicted octanol–water partition coefficient (Wildman–Crippen LogP) is 3.72. The molecule has 2 aromatic carbocycles. The van der Waals surface area contributed by atoms with Crippen molar-refractivity contribution in [2.24, 2.45) is 0 Å². The Kier molecular flexibility index (Phi) is 3.72. The van der Waals surface area contributed by atoms with Gasteiger partial charge in [0.15, 0.2) is 0 Å². The SMILES string of the molecule is CCOc1ccccc1Nc1cc(N)ccc1C. The maximum Gasteiger partial charge on any atom is 0.142 e. The Labute approximate surface area is 108 Å². The van der Waals surface area contributed by atoms with Gasteiger partial charge in [0.05, 0.1) is 12.3 Å². The molecule has 0 radical (unpaired) electrons. The first-order valence-electron chi connectivity index (χ1n) is 6.05. The van der Waals surface area contributed by atoms with Crippen LogP contribution in [0, 0.1) is 6.92 Å². The van der Waals surface area contributed by atoms with Crippen molar-refractivity contribution in [3.63, 3.8) is 0 Å². The van der Waals surface area contributed by atoms with Crippen LogP contribution in [0.15, 0.2) is 42.5 Å². The van der Waals surface area contributed by atoms with Gasteiger partial charge >= 0.3 is 0 Å². The molecule has 0 saturated heterocycles. The van der Waals surface area contributed by atoms with Crippen molar-refractivity contribution in [2.75, 3.05) is 17.7 Å². The molecule has 0 saturated carbocycles. The van der Waals surface area contributed by atoms with Crippen molar-refractivity contribution in [1.29, 1.82) is 0 Å². The zero-order chi connectivity index (χ0) is 13.0. The van der Waals surface area contributed by atoms with Crippen LogP contribution in [0.1, 0.15) is 12.5 Å². The fourth-order valence-electron chi connectivity index (χ4n) is 1.77. The number of hydrogen-bond donors (Lipinski definition) is 2. The summed E-state index contributed by atoms with van der Waals surface area (Å²) < 4.78 is 5.59. The normalized spacial score (nSPS) is 10.1. The van der Waals surface area contributed by atoms with Crippen LogP contribution in [0.2, 0.25) is 0 Å². The molecule has 0 unspecified atom stereocenters. The summed E-state index contributed by atoms with van der Waals surface area (Å²) in [6.45, 7) is 4.67. The number of anilines is 3. The second kappa shape index (κ2) is 5.45. The van der Waals surface area contributed by atoms with E-state index in [9.17, 15) is 0 Å². The number of nitrogens with two attached hydrogens (primary N) is 1. The van der Waals surface area contributed by atoms with Gasteiger partial charge < -0.3 is 15.8 Å². The zero-order valence-electron chi connectivity index (χ0n) is 10.7. The van der Waals surface area contributed by atoms with E-state index >= 15 is 0 Å². The summed E-state index contributed by atoms with van der Waals surface area (Å²) in [7, 11) is 0. The van der Waals surface area contributed by atoms with Crippen molar-refractivity contribution in [2.45, 2.75) is 13.8 Å². The van der Waals surface area contributed by atoms with Crippen molar-refractivity contribution >= 4 is 17.1 Å². The standard InChI is InChI=1S/C15H18N2O/c1-3-18-15-7-5-4-6-13(15)17-14-10-12(16)9-8-11(14)2/h4-10,17H,3,16H2,1-2H3. The summed E-state index contributed by atoms with van der Waals surface area (Å²) in [4.78, 5) is 0. The number of hydrogen-bond acceptors (Lipinski definition) is 3. The van der Waals surface area contributed by atoms with E-state index in [2.05, 4.69) is 5.32 Å². The number of ether oxygens (including phenoxy) is 1. The molecule has 3 nitrogen and oxygen atoms in total. The minimum atomic E-state index is 0.647. The first kappa shape index (κ1) is 12.3. The number of nitrogen functional groups attached to an aromatic ring is 1. The summed E-state index contributed by atoms with van der Waals surface area (Å²) in [5.74, 6) is 0.849. The van der Waals surface area contributed by atoms with Gasteiger partial charge in [0.25, 0.3) is 0 Å². The van der Waals surface area contributed by atoms with E-state index in [4.69, 9.17) is 10.5 Å². The van der Waals surface area contributed by atoms with Crippen molar-refractivity contribution < 1.29 is 4.74 Å². The Bertz CT molecular complexity index is 538. The molecule has 2 rings (SSSR count). The molecule has 0 aliphatic carbocycles. The summed E-state index contributed by atoms with van der Waals surface area (Å²) in [5.41, 5.74) is 9.66. The molecular weight excluding hydrogens is 224 g/mol. The Morgan fingerprint density at radius 3 is 2.67 bits per heavy atom. The number of rotatable bonds is 4. The quantitative estimate of drug-likeness (QED) is 0.803. The molecule has 0 spiro atoms. The fourth-order valence-corrected chi connectivity index (χ4v) is 1.77. The van der Waals surface area contributed by atoms with Crippen LogP contribution in [-0.4, -0.2) is 6.61 Å². The van der Waals surface area contributed by atoms with Crippen molar-refractivity contribution in [3.8, 4) is 5.75 Å². The molecule has 94 valence electrons. The first-order valence-corrected chi connectivity index (χ1v) is 6.05. The van der Waals surface area contributed by atoms with E-state index in [0.717, 1.165) is 28.4 Å². The van der Waals surface area contributed by atoms with Crippen LogP contribution in [0.3, 0.4) is 0 Å². The molecule has 0 aliphatic heterocycles. The van der Waals surface area contributed by atoms with Gasteiger partial charge in [-0.2, -0.15) is 0 Å². The summed E-state index contributed by atoms with van der Waals surface area (Å²) in [6.07, 6.45) is 0. The summed E-state index contributed by atoms with van der Waals surface area (Å²) >= 11 is 0. The number of aryl methyl sites for hydroxylation is 1. The van der Waals surface area contributed by atoms with Gasteiger partial charge in [-0.15, -0.1) is 0 Å². The molecule has 2 aromatic rings. The Hall–Kier alpha value is -2.16. The van der Waals surface area contributed by atoms with E-state index in [1.54, 1.807) is 0 Å². The zero-order valence-corrected chi connectivity index (χ0v) is 10.7. The van der Waals surface area contributed by atoms with Crippen LogP contribution in [0.4, 0.5) is 17.1 Å². The maximum atomic E-state index is 5.81. The lowest BCUT2D eigenvalue weighted by atomic mass is 10.1. The van der Waals surface area contributed by atoms with Crippen LogP contribution in [0.25, 0.3) is 0 Å². The highest BCUT2D eigenvalue weighted by atomic mass is 16.5. The van der Waals surface area contributed by atoms with Crippen LogP contribution >= 0.6 is 0 Å². The average molecular weight is 242 g/mol. The minimum Gasteiger partial charge on any atom is -0.492 e. The van der Waals surface area contributed by atoms with E-state index in [-0.39, 0.29) is 0 Å². The lowest BCUT2D eigenvalue weighted by Crippen LogP contribution is -1.99. The van der Waals surface area contributed by atoms with E-state index < -0.39 is 0 Å². The van der Waals surface area contributed by atoms with Gasteiger partial charge in [-0.05, 0) is 43.7 Å². The summed E-state index contributed by atoms with van der Waals surface area (Å²) in [6, 6.07) is 13.7. The molecule has 0 amide bonds. The first-order chi connectivity index (χ1) is 8.70. The minimum absolute atomic E-state index is 0.647. The van der Waals surface area contributed by atoms with Crippen molar-refractivity contribution in [3.05, 3.63) is 48.0 Å². The largest absolute Gasteiger partial charge is 0.492 e. The third-order valence-corrected chi connectivity index (χ3v) is 2.72. The van der Waals surface area contributed by atoms with Crippen LogP contribution in [-0.2, 0) is 0 Å². The number of nitrogens with one attached hydrogen (secondary N) is 1. The maximum absolute atomic E-state index is 5.81. The Morgan fingerprint density at radius 2 is 1.89 bits per heavy atom. The highest BCUT2D eigenvalue weighted by Crippen LogP contribution is 2.29. The monoisotopic (exact) mass is 242 g/mol. The second-order valence-corrected chi connectivity index (χ2v) is 4.13. The van der Waals surface area contributed by atoms with Crippen LogP contribution in [0.5, 0.6) is 5.75 Å². The highest BCUT2D eigenvalue weighted by Gasteiger charge is 2.04. The van der Waals surface area contributed by atoms with E-state index in [1.807, 2.05) is 56.3 Å².